The van der Waals surface area contributed by atoms with Gasteiger partial charge in [0.15, 0.2) is 0 Å². The molecule has 0 aliphatic heterocycles. The lowest BCUT2D eigenvalue weighted by molar-refractivity contribution is 0.669. The lowest BCUT2D eigenvalue weighted by Crippen LogP contribution is -2.10. The zero-order valence-electron chi connectivity index (χ0n) is 26.5. The number of hydrogen-bond donors (Lipinski definition) is 0. The lowest BCUT2D eigenvalue weighted by Gasteiger charge is -2.27. The Labute approximate surface area is 282 Å². The molecule has 0 spiro atoms. The molecule has 0 unspecified atom stereocenters. The summed E-state index contributed by atoms with van der Waals surface area (Å²) in [6.07, 6.45) is 0. The zero-order chi connectivity index (χ0) is 32.3. The number of rotatable bonds is 5. The summed E-state index contributed by atoms with van der Waals surface area (Å²) >= 11 is 0. The average molecular weight is 628 g/mol. The Balaban J connectivity index is 1.17. The van der Waals surface area contributed by atoms with E-state index >= 15 is 0 Å². The molecule has 2 aromatic heterocycles. The molecule has 0 amide bonds. The van der Waals surface area contributed by atoms with E-state index in [0.29, 0.717) is 0 Å². The number of para-hydroxylation sites is 3. The van der Waals surface area contributed by atoms with E-state index in [1.807, 2.05) is 18.2 Å². The molecule has 0 N–H and O–H groups in total. The Morgan fingerprint density at radius 1 is 0.367 bits per heavy atom. The molecule has 0 fully saturated rings. The summed E-state index contributed by atoms with van der Waals surface area (Å²) in [5.74, 6) is 0. The molecule has 10 aromatic rings. The van der Waals surface area contributed by atoms with E-state index in [0.717, 1.165) is 83.2 Å². The first-order chi connectivity index (χ1) is 24.3. The third kappa shape index (κ3) is 4.51. The predicted octanol–water partition coefficient (Wildman–Crippen LogP) is 13.4. The Kier molecular flexibility index (Phi) is 6.18. The smallest absolute Gasteiger partial charge is 0.145 e. The Bertz CT molecular complexity index is 2840. The minimum atomic E-state index is 0.865. The van der Waals surface area contributed by atoms with E-state index in [1.165, 1.54) is 10.8 Å². The number of hydrogen-bond acceptors (Lipinski definition) is 3. The van der Waals surface area contributed by atoms with Crippen LogP contribution in [0.25, 0.3) is 76.9 Å². The summed E-state index contributed by atoms with van der Waals surface area (Å²) in [5.41, 5.74) is 11.1. The van der Waals surface area contributed by atoms with Crippen LogP contribution in [-0.2, 0) is 0 Å². The van der Waals surface area contributed by atoms with Gasteiger partial charge in [0.25, 0.3) is 0 Å². The second-order valence-corrected chi connectivity index (χ2v) is 12.5. The summed E-state index contributed by atoms with van der Waals surface area (Å²) in [5, 5.41) is 6.85. The van der Waals surface area contributed by atoms with Crippen molar-refractivity contribution in [1.82, 2.24) is 0 Å². The molecule has 0 aliphatic carbocycles. The first-order valence-corrected chi connectivity index (χ1v) is 16.6. The molecule has 230 valence electrons. The highest BCUT2D eigenvalue weighted by molar-refractivity contribution is 6.17. The third-order valence-corrected chi connectivity index (χ3v) is 9.64. The van der Waals surface area contributed by atoms with Crippen molar-refractivity contribution in [2.24, 2.45) is 0 Å². The van der Waals surface area contributed by atoms with Crippen LogP contribution < -0.4 is 4.90 Å². The van der Waals surface area contributed by atoms with Gasteiger partial charge in [-0.3, -0.25) is 0 Å². The zero-order valence-corrected chi connectivity index (χ0v) is 26.5. The molecule has 0 bridgehead atoms. The van der Waals surface area contributed by atoms with Crippen LogP contribution in [-0.4, -0.2) is 0 Å². The molecule has 10 rings (SSSR count). The number of anilines is 3. The molecule has 3 heteroatoms. The van der Waals surface area contributed by atoms with Crippen LogP contribution in [0.1, 0.15) is 0 Å². The number of nitrogens with zero attached hydrogens (tertiary/aromatic N) is 1. The third-order valence-electron chi connectivity index (χ3n) is 9.64. The second kappa shape index (κ2) is 11.0. The van der Waals surface area contributed by atoms with Gasteiger partial charge in [-0.1, -0.05) is 109 Å². The normalized spacial score (nSPS) is 11.7. The molecule has 0 aliphatic rings. The minimum Gasteiger partial charge on any atom is -0.456 e. The molecule has 2 heterocycles. The van der Waals surface area contributed by atoms with Gasteiger partial charge in [0, 0.05) is 33.1 Å². The van der Waals surface area contributed by atoms with Gasteiger partial charge in [-0.2, -0.15) is 0 Å². The second-order valence-electron chi connectivity index (χ2n) is 12.5. The summed E-state index contributed by atoms with van der Waals surface area (Å²) in [4.78, 5) is 2.35. The highest BCUT2D eigenvalue weighted by atomic mass is 16.3. The molecule has 0 radical (unpaired) electrons. The summed E-state index contributed by atoms with van der Waals surface area (Å²) in [7, 11) is 0. The summed E-state index contributed by atoms with van der Waals surface area (Å²) in [6, 6.07) is 62.0. The van der Waals surface area contributed by atoms with Gasteiger partial charge >= 0.3 is 0 Å². The number of fused-ring (bicyclic) bond motifs is 7. The predicted molar refractivity (Wildman–Crippen MR) is 204 cm³/mol. The molecule has 0 saturated carbocycles. The van der Waals surface area contributed by atoms with Crippen LogP contribution in [0.15, 0.2) is 185 Å². The largest absolute Gasteiger partial charge is 0.456 e. The van der Waals surface area contributed by atoms with Gasteiger partial charge in [-0.05, 0) is 94.2 Å². The molecule has 0 saturated heterocycles. The SMILES string of the molecule is c1ccc(N(c2ccc3ccccc3c2)c2ccc(-c3cccc(-c4ccc5c(c4)oc4ccccc45)c3)c3oc4ccccc4c23)cc1. The fraction of sp³-hybridized carbons (Fsp3) is 0. The van der Waals surface area contributed by atoms with Crippen LogP contribution in [0.4, 0.5) is 17.1 Å². The number of benzene rings is 8. The fourth-order valence-corrected chi connectivity index (χ4v) is 7.32. The van der Waals surface area contributed by atoms with E-state index < -0.39 is 0 Å². The van der Waals surface area contributed by atoms with E-state index in [-0.39, 0.29) is 0 Å². The molecular weight excluding hydrogens is 599 g/mol. The highest BCUT2D eigenvalue weighted by Crippen LogP contribution is 2.46. The molecule has 8 aromatic carbocycles. The van der Waals surface area contributed by atoms with Crippen molar-refractivity contribution in [2.45, 2.75) is 0 Å². The first kappa shape index (κ1) is 27.5. The Morgan fingerprint density at radius 3 is 1.94 bits per heavy atom. The molecular formula is C46H29NO2. The van der Waals surface area contributed by atoms with Gasteiger partial charge in [0.2, 0.25) is 0 Å². The van der Waals surface area contributed by atoms with E-state index in [9.17, 15) is 0 Å². The average Bonchev–Trinajstić information content (AvgIpc) is 3.74. The van der Waals surface area contributed by atoms with E-state index in [1.54, 1.807) is 0 Å². The van der Waals surface area contributed by atoms with Crippen LogP contribution in [0.5, 0.6) is 0 Å². The monoisotopic (exact) mass is 627 g/mol. The molecule has 0 atom stereocenters. The van der Waals surface area contributed by atoms with Gasteiger partial charge in [-0.15, -0.1) is 0 Å². The van der Waals surface area contributed by atoms with Crippen molar-refractivity contribution in [3.63, 3.8) is 0 Å². The minimum absolute atomic E-state index is 0.865. The van der Waals surface area contributed by atoms with Crippen LogP contribution >= 0.6 is 0 Å². The van der Waals surface area contributed by atoms with Crippen molar-refractivity contribution >= 4 is 71.7 Å². The highest BCUT2D eigenvalue weighted by Gasteiger charge is 2.22. The van der Waals surface area contributed by atoms with Crippen LogP contribution in [0, 0.1) is 0 Å². The molecule has 3 nitrogen and oxygen atoms in total. The summed E-state index contributed by atoms with van der Waals surface area (Å²) in [6.45, 7) is 0. The topological polar surface area (TPSA) is 29.5 Å². The maximum atomic E-state index is 6.77. The van der Waals surface area contributed by atoms with Crippen LogP contribution in [0.3, 0.4) is 0 Å². The maximum absolute atomic E-state index is 6.77. The summed E-state index contributed by atoms with van der Waals surface area (Å²) < 4.78 is 13.0. The number of furan rings is 2. The quantitative estimate of drug-likeness (QED) is 0.190. The maximum Gasteiger partial charge on any atom is 0.145 e. The van der Waals surface area contributed by atoms with Crippen LogP contribution in [0.2, 0.25) is 0 Å². The van der Waals surface area contributed by atoms with Crippen molar-refractivity contribution in [2.75, 3.05) is 4.90 Å². The van der Waals surface area contributed by atoms with Crippen molar-refractivity contribution in [1.29, 1.82) is 0 Å². The first-order valence-electron chi connectivity index (χ1n) is 16.6. The standard InChI is InChI=1S/C46H29NO2/c1-2-15-35(16-3-1)47(36-23-21-30-11-4-5-12-32(30)28-36)41-26-25-37(46-45(41)40-18-7-9-20-43(40)49-46)34-14-10-13-31(27-34)33-22-24-39-38-17-6-8-19-42(38)48-44(39)29-33/h1-29H. The van der Waals surface area contributed by atoms with Crippen molar-refractivity contribution in [3.05, 3.63) is 176 Å². The van der Waals surface area contributed by atoms with E-state index in [2.05, 4.69) is 163 Å². The fourth-order valence-electron chi connectivity index (χ4n) is 7.32. The van der Waals surface area contributed by atoms with Gasteiger partial charge in [-0.25, -0.2) is 0 Å². The van der Waals surface area contributed by atoms with Crippen molar-refractivity contribution < 1.29 is 8.83 Å². The Hall–Kier alpha value is -6.58. The van der Waals surface area contributed by atoms with Gasteiger partial charge < -0.3 is 13.7 Å². The molecule has 49 heavy (non-hydrogen) atoms. The van der Waals surface area contributed by atoms with Gasteiger partial charge in [0.1, 0.15) is 22.3 Å². The Morgan fingerprint density at radius 2 is 1.06 bits per heavy atom. The van der Waals surface area contributed by atoms with Crippen molar-refractivity contribution in [3.8, 4) is 22.3 Å². The van der Waals surface area contributed by atoms with E-state index in [4.69, 9.17) is 8.83 Å². The lowest BCUT2D eigenvalue weighted by atomic mass is 9.96. The van der Waals surface area contributed by atoms with Gasteiger partial charge in [0.05, 0.1) is 11.1 Å².